The number of rotatable bonds is 10. The molecule has 0 heterocycles. The molecule has 0 spiro atoms. The monoisotopic (exact) mass is 516 g/mol. The molecular formula is C31H42F2O4. The van der Waals surface area contributed by atoms with Crippen molar-refractivity contribution in [3.05, 3.63) is 81.9 Å². The van der Waals surface area contributed by atoms with Crippen LogP contribution in [0.2, 0.25) is 0 Å². The lowest BCUT2D eigenvalue weighted by molar-refractivity contribution is -0.145. The fourth-order valence-corrected chi connectivity index (χ4v) is 3.94. The van der Waals surface area contributed by atoms with Crippen LogP contribution in [0.15, 0.2) is 48.0 Å². The molecule has 0 fully saturated rings. The standard InChI is InChI=1S/C18H25FO2.C13H17FO2/c1-6-21-18(20)16(9-7-12(2)3)15-10-8-14(19)11-17(15)13(4)5;1-4-16-13(15)7-10-5-6-11(14)8-12(10)9(2)3/h7-8,10-11,13,16H,6,9H2,1-5H3;5-6,8-9H,4,7H2,1-3H3. The Morgan fingerprint density at radius 1 is 0.811 bits per heavy atom. The minimum absolute atomic E-state index is 0.152. The molecular weight excluding hydrogens is 474 g/mol. The molecule has 1 unspecified atom stereocenters. The molecule has 0 saturated carbocycles. The number of esters is 2. The Kier molecular flexibility index (Phi) is 13.8. The number of hydrogen-bond donors (Lipinski definition) is 0. The van der Waals surface area contributed by atoms with Gasteiger partial charge in [-0.15, -0.1) is 0 Å². The zero-order valence-electron chi connectivity index (χ0n) is 23.5. The van der Waals surface area contributed by atoms with Crippen LogP contribution in [0.25, 0.3) is 0 Å². The van der Waals surface area contributed by atoms with Crippen LogP contribution >= 0.6 is 0 Å². The number of hydrogen-bond acceptors (Lipinski definition) is 4. The van der Waals surface area contributed by atoms with E-state index in [9.17, 15) is 18.4 Å². The quantitative estimate of drug-likeness (QED) is 0.237. The van der Waals surface area contributed by atoms with Crippen LogP contribution in [-0.2, 0) is 25.5 Å². The first kappa shape index (κ1) is 32.0. The second-order valence-electron chi connectivity index (χ2n) is 9.73. The normalized spacial score (nSPS) is 11.5. The Labute approximate surface area is 221 Å². The minimum Gasteiger partial charge on any atom is -0.466 e. The molecule has 0 bridgehead atoms. The molecule has 0 radical (unpaired) electrons. The molecule has 2 aromatic carbocycles. The first-order valence-electron chi connectivity index (χ1n) is 12.9. The van der Waals surface area contributed by atoms with Crippen molar-refractivity contribution < 1.29 is 27.8 Å². The van der Waals surface area contributed by atoms with Gasteiger partial charge in [-0.3, -0.25) is 9.59 Å². The predicted molar refractivity (Wildman–Crippen MR) is 145 cm³/mol. The number of ether oxygens (including phenoxy) is 2. The first-order chi connectivity index (χ1) is 17.4. The number of carbonyl (C=O) groups excluding carboxylic acids is 2. The van der Waals surface area contributed by atoms with Gasteiger partial charge in [0.05, 0.1) is 25.6 Å². The molecule has 0 aliphatic carbocycles. The summed E-state index contributed by atoms with van der Waals surface area (Å²) in [5.74, 6) is -1.08. The van der Waals surface area contributed by atoms with Crippen molar-refractivity contribution in [2.75, 3.05) is 13.2 Å². The highest BCUT2D eigenvalue weighted by molar-refractivity contribution is 5.79. The summed E-state index contributed by atoms with van der Waals surface area (Å²) in [6.07, 6.45) is 2.81. The van der Waals surface area contributed by atoms with Crippen molar-refractivity contribution in [2.45, 2.75) is 86.0 Å². The van der Waals surface area contributed by atoms with Gasteiger partial charge in [0.2, 0.25) is 0 Å². The Bertz CT molecular complexity index is 1050. The van der Waals surface area contributed by atoms with Crippen LogP contribution < -0.4 is 0 Å². The number of benzene rings is 2. The van der Waals surface area contributed by atoms with E-state index in [4.69, 9.17) is 9.47 Å². The molecule has 6 heteroatoms. The van der Waals surface area contributed by atoms with E-state index >= 15 is 0 Å². The SMILES string of the molecule is CCOC(=O)C(CC=C(C)C)c1ccc(F)cc1C(C)C.CCOC(=O)Cc1ccc(F)cc1C(C)C. The highest BCUT2D eigenvalue weighted by atomic mass is 19.1. The summed E-state index contributed by atoms with van der Waals surface area (Å²) in [7, 11) is 0. The van der Waals surface area contributed by atoms with E-state index in [1.165, 1.54) is 24.3 Å². The molecule has 1 atom stereocenters. The molecule has 2 rings (SSSR count). The summed E-state index contributed by atoms with van der Waals surface area (Å²) in [4.78, 5) is 23.6. The lowest BCUT2D eigenvalue weighted by atomic mass is 9.86. The summed E-state index contributed by atoms with van der Waals surface area (Å²) in [5.41, 5.74) is 4.60. The number of carbonyl (C=O) groups is 2. The van der Waals surface area contributed by atoms with Gasteiger partial charge in [0.15, 0.2) is 0 Å². The number of halogens is 2. The third kappa shape index (κ3) is 10.9. The van der Waals surface area contributed by atoms with Crippen molar-refractivity contribution in [1.29, 1.82) is 0 Å². The van der Waals surface area contributed by atoms with E-state index in [2.05, 4.69) is 0 Å². The van der Waals surface area contributed by atoms with E-state index < -0.39 is 0 Å². The second kappa shape index (κ2) is 16.0. The van der Waals surface area contributed by atoms with Gasteiger partial charge in [-0.1, -0.05) is 51.5 Å². The van der Waals surface area contributed by atoms with Crippen molar-refractivity contribution >= 4 is 11.9 Å². The van der Waals surface area contributed by atoms with E-state index in [1.807, 2.05) is 47.6 Å². The molecule has 0 amide bonds. The summed E-state index contributed by atoms with van der Waals surface area (Å²) >= 11 is 0. The van der Waals surface area contributed by atoms with Gasteiger partial charge in [-0.05, 0) is 92.5 Å². The highest BCUT2D eigenvalue weighted by Gasteiger charge is 2.24. The van der Waals surface area contributed by atoms with Gasteiger partial charge in [0.25, 0.3) is 0 Å². The first-order valence-corrected chi connectivity index (χ1v) is 12.9. The van der Waals surface area contributed by atoms with Gasteiger partial charge < -0.3 is 9.47 Å². The molecule has 37 heavy (non-hydrogen) atoms. The average molecular weight is 517 g/mol. The van der Waals surface area contributed by atoms with E-state index in [-0.39, 0.29) is 47.7 Å². The van der Waals surface area contributed by atoms with Gasteiger partial charge >= 0.3 is 11.9 Å². The van der Waals surface area contributed by atoms with E-state index in [0.717, 1.165) is 27.8 Å². The van der Waals surface area contributed by atoms with Crippen molar-refractivity contribution in [3.63, 3.8) is 0 Å². The van der Waals surface area contributed by atoms with Crippen molar-refractivity contribution in [2.24, 2.45) is 0 Å². The fourth-order valence-electron chi connectivity index (χ4n) is 3.94. The molecule has 4 nitrogen and oxygen atoms in total. The van der Waals surface area contributed by atoms with Gasteiger partial charge in [-0.25, -0.2) is 8.78 Å². The van der Waals surface area contributed by atoms with Crippen LogP contribution in [0.3, 0.4) is 0 Å². The molecule has 2 aromatic rings. The maximum atomic E-state index is 13.5. The second-order valence-corrected chi connectivity index (χ2v) is 9.73. The van der Waals surface area contributed by atoms with Crippen molar-refractivity contribution in [1.82, 2.24) is 0 Å². The minimum atomic E-state index is -0.377. The molecule has 0 aliphatic heterocycles. The maximum Gasteiger partial charge on any atom is 0.313 e. The van der Waals surface area contributed by atoms with Gasteiger partial charge in [-0.2, -0.15) is 0 Å². The Balaban J connectivity index is 0.000000384. The van der Waals surface area contributed by atoms with Gasteiger partial charge in [0.1, 0.15) is 11.6 Å². The Hall–Kier alpha value is -3.02. The smallest absolute Gasteiger partial charge is 0.313 e. The Morgan fingerprint density at radius 2 is 1.35 bits per heavy atom. The Morgan fingerprint density at radius 3 is 1.86 bits per heavy atom. The maximum absolute atomic E-state index is 13.5. The average Bonchev–Trinajstić information content (AvgIpc) is 2.81. The van der Waals surface area contributed by atoms with Gasteiger partial charge in [0, 0.05) is 0 Å². The van der Waals surface area contributed by atoms with Crippen LogP contribution in [0.4, 0.5) is 8.78 Å². The third-order valence-electron chi connectivity index (χ3n) is 5.75. The zero-order chi connectivity index (χ0) is 28.1. The summed E-state index contributed by atoms with van der Waals surface area (Å²) in [5, 5.41) is 0. The lowest BCUT2D eigenvalue weighted by Crippen LogP contribution is -2.17. The largest absolute Gasteiger partial charge is 0.466 e. The fraction of sp³-hybridized carbons (Fsp3) is 0.484. The van der Waals surface area contributed by atoms with E-state index in [1.54, 1.807) is 26.0 Å². The van der Waals surface area contributed by atoms with Crippen LogP contribution in [0.5, 0.6) is 0 Å². The molecule has 0 aliphatic rings. The summed E-state index contributed by atoms with van der Waals surface area (Å²) < 4.78 is 36.7. The van der Waals surface area contributed by atoms with Crippen LogP contribution in [0, 0.1) is 11.6 Å². The molecule has 0 N–H and O–H groups in total. The molecule has 204 valence electrons. The van der Waals surface area contributed by atoms with E-state index in [0.29, 0.717) is 19.6 Å². The summed E-state index contributed by atoms with van der Waals surface area (Å²) in [6.45, 7) is 16.2. The number of allylic oxidation sites excluding steroid dienone is 2. The lowest BCUT2D eigenvalue weighted by Gasteiger charge is -2.20. The van der Waals surface area contributed by atoms with Crippen LogP contribution in [0.1, 0.15) is 102 Å². The molecule has 0 aromatic heterocycles. The molecule has 0 saturated heterocycles. The topological polar surface area (TPSA) is 52.6 Å². The third-order valence-corrected chi connectivity index (χ3v) is 5.75. The highest BCUT2D eigenvalue weighted by Crippen LogP contribution is 2.31. The van der Waals surface area contributed by atoms with Crippen molar-refractivity contribution in [3.8, 4) is 0 Å². The zero-order valence-corrected chi connectivity index (χ0v) is 23.5. The summed E-state index contributed by atoms with van der Waals surface area (Å²) in [6, 6.07) is 9.16. The predicted octanol–water partition coefficient (Wildman–Crippen LogP) is 8.01. The van der Waals surface area contributed by atoms with Crippen LogP contribution in [-0.4, -0.2) is 25.2 Å².